The zero-order valence-electron chi connectivity index (χ0n) is 11.1. The van der Waals surface area contributed by atoms with Crippen molar-refractivity contribution in [2.24, 2.45) is 0 Å². The molecule has 0 radical (unpaired) electrons. The lowest BCUT2D eigenvalue weighted by Crippen LogP contribution is -2.23. The van der Waals surface area contributed by atoms with E-state index < -0.39 is 0 Å². The molecule has 106 valence electrons. The van der Waals surface area contributed by atoms with Crippen LogP contribution in [0.5, 0.6) is 0 Å². The van der Waals surface area contributed by atoms with Crippen LogP contribution in [0.15, 0.2) is 17.6 Å². The molecule has 0 saturated heterocycles. The van der Waals surface area contributed by atoms with Gasteiger partial charge in [-0.25, -0.2) is 0 Å². The number of hydrogen-bond donors (Lipinski definition) is 3. The van der Waals surface area contributed by atoms with Crippen molar-refractivity contribution in [2.45, 2.75) is 4.90 Å². The molecule has 19 heavy (non-hydrogen) atoms. The Kier molecular flexibility index (Phi) is 6.75. The molecule has 0 fully saturated rings. The van der Waals surface area contributed by atoms with Gasteiger partial charge in [0.2, 0.25) is 0 Å². The largest absolute Gasteiger partial charge is 0.396 e. The van der Waals surface area contributed by atoms with Crippen LogP contribution in [0.2, 0.25) is 0 Å². The third-order valence-corrected chi connectivity index (χ3v) is 4.43. The van der Waals surface area contributed by atoms with E-state index in [1.54, 1.807) is 13.2 Å². The van der Waals surface area contributed by atoms with Gasteiger partial charge in [-0.1, -0.05) is 6.08 Å². The molecule has 0 spiro atoms. The summed E-state index contributed by atoms with van der Waals surface area (Å²) in [7, 11) is 1.65. The topological polar surface area (TPSA) is 76.4 Å². The van der Waals surface area contributed by atoms with Crippen LogP contribution in [0.3, 0.4) is 0 Å². The van der Waals surface area contributed by atoms with Gasteiger partial charge in [-0.15, -0.1) is 29.7 Å². The number of thiophene rings is 1. The number of thioether (sulfide) groups is 1. The van der Waals surface area contributed by atoms with E-state index in [4.69, 9.17) is 10.5 Å². The van der Waals surface area contributed by atoms with Crippen LogP contribution in [0.1, 0.15) is 9.67 Å². The number of nitrogen functional groups attached to an aromatic ring is 1. The molecule has 0 aromatic carbocycles. The Morgan fingerprint density at radius 2 is 2.37 bits per heavy atom. The molecule has 1 heterocycles. The summed E-state index contributed by atoms with van der Waals surface area (Å²) in [6, 6.07) is 0. The Labute approximate surface area is 121 Å². The minimum atomic E-state index is -0.169. The predicted octanol–water partition coefficient (Wildman–Crippen LogP) is 2.03. The zero-order chi connectivity index (χ0) is 14.3. The van der Waals surface area contributed by atoms with Gasteiger partial charge in [0.05, 0.1) is 17.2 Å². The highest BCUT2D eigenvalue weighted by Crippen LogP contribution is 2.41. The number of carbonyl (C=O) groups is 1. The van der Waals surface area contributed by atoms with Crippen molar-refractivity contribution in [3.63, 3.8) is 0 Å². The third kappa shape index (κ3) is 4.15. The monoisotopic (exact) mass is 301 g/mol. The van der Waals surface area contributed by atoms with Crippen molar-refractivity contribution in [3.8, 4) is 0 Å². The van der Waals surface area contributed by atoms with Crippen LogP contribution in [0.25, 0.3) is 0 Å². The number of methoxy groups -OCH3 is 1. The second-order valence-corrected chi connectivity index (χ2v) is 5.46. The van der Waals surface area contributed by atoms with E-state index in [0.717, 1.165) is 9.90 Å². The molecular weight excluding hydrogens is 282 g/mol. The summed E-state index contributed by atoms with van der Waals surface area (Å²) in [4.78, 5) is 13.4. The highest BCUT2D eigenvalue weighted by atomic mass is 32.2. The molecule has 0 aliphatic carbocycles. The quantitative estimate of drug-likeness (QED) is 0.389. The molecule has 0 bridgehead atoms. The number of rotatable bonds is 8. The lowest BCUT2D eigenvalue weighted by molar-refractivity contribution is 0.0963. The number of nitrogens with one attached hydrogen (secondary N) is 2. The highest BCUT2D eigenvalue weighted by Gasteiger charge is 2.19. The fraction of sp³-hybridized carbons (Fsp3) is 0.417. The molecule has 0 atom stereocenters. The van der Waals surface area contributed by atoms with E-state index in [9.17, 15) is 4.79 Å². The number of ether oxygens (including phenoxy) is 1. The lowest BCUT2D eigenvalue weighted by Gasteiger charge is -2.04. The molecule has 1 rings (SSSR count). The van der Waals surface area contributed by atoms with Gasteiger partial charge in [0.25, 0.3) is 5.91 Å². The Morgan fingerprint density at radius 3 is 2.95 bits per heavy atom. The summed E-state index contributed by atoms with van der Waals surface area (Å²) in [5.74, 6) is -0.169. The van der Waals surface area contributed by atoms with Crippen molar-refractivity contribution in [1.82, 2.24) is 5.32 Å². The average Bonchev–Trinajstić information content (AvgIpc) is 2.72. The predicted molar refractivity (Wildman–Crippen MR) is 83.4 cm³/mol. The van der Waals surface area contributed by atoms with Gasteiger partial charge in [0.1, 0.15) is 9.88 Å². The van der Waals surface area contributed by atoms with Crippen LogP contribution in [-0.2, 0) is 4.74 Å². The van der Waals surface area contributed by atoms with Crippen LogP contribution < -0.4 is 16.4 Å². The first kappa shape index (κ1) is 15.9. The fourth-order valence-electron chi connectivity index (χ4n) is 1.43. The maximum absolute atomic E-state index is 11.9. The van der Waals surface area contributed by atoms with Crippen molar-refractivity contribution in [3.05, 3.63) is 17.5 Å². The molecule has 7 heteroatoms. The Morgan fingerprint density at radius 1 is 1.63 bits per heavy atom. The highest BCUT2D eigenvalue weighted by molar-refractivity contribution is 7.99. The van der Waals surface area contributed by atoms with Gasteiger partial charge in [-0.3, -0.25) is 4.79 Å². The minimum Gasteiger partial charge on any atom is -0.396 e. The average molecular weight is 301 g/mol. The van der Waals surface area contributed by atoms with E-state index in [0.29, 0.717) is 30.3 Å². The number of amides is 1. The summed E-state index contributed by atoms with van der Waals surface area (Å²) < 4.78 is 4.99. The van der Waals surface area contributed by atoms with Gasteiger partial charge >= 0.3 is 0 Å². The van der Waals surface area contributed by atoms with Crippen molar-refractivity contribution in [1.29, 1.82) is 0 Å². The second-order valence-electron chi connectivity index (χ2n) is 3.63. The van der Waals surface area contributed by atoms with Crippen LogP contribution in [0.4, 0.5) is 10.7 Å². The molecule has 1 aromatic heterocycles. The van der Waals surface area contributed by atoms with E-state index >= 15 is 0 Å². The zero-order valence-corrected chi connectivity index (χ0v) is 12.7. The van der Waals surface area contributed by atoms with Gasteiger partial charge in [-0.05, 0) is 6.26 Å². The van der Waals surface area contributed by atoms with Crippen LogP contribution in [0, 0.1) is 0 Å². The molecule has 1 aromatic rings. The van der Waals surface area contributed by atoms with Gasteiger partial charge in [0.15, 0.2) is 0 Å². The first-order valence-corrected chi connectivity index (χ1v) is 7.78. The summed E-state index contributed by atoms with van der Waals surface area (Å²) in [5.41, 5.74) is 6.55. The Bertz CT molecular complexity index is 446. The maximum Gasteiger partial charge on any atom is 0.263 e. The molecule has 0 aliphatic rings. The lowest BCUT2D eigenvalue weighted by atomic mass is 10.3. The molecule has 0 unspecified atom stereocenters. The Balaban J connectivity index is 2.87. The number of nitrogens with two attached hydrogens (primary N) is 1. The van der Waals surface area contributed by atoms with Gasteiger partial charge in [-0.2, -0.15) is 0 Å². The first-order chi connectivity index (χ1) is 9.15. The molecule has 0 saturated carbocycles. The molecule has 0 aliphatic heterocycles. The molecular formula is C12H19N3O2S2. The first-order valence-electron chi connectivity index (χ1n) is 5.73. The number of hydrogen-bond acceptors (Lipinski definition) is 6. The smallest absolute Gasteiger partial charge is 0.263 e. The Hall–Kier alpha value is -1.18. The third-order valence-electron chi connectivity index (χ3n) is 2.31. The summed E-state index contributed by atoms with van der Waals surface area (Å²) in [6.07, 6.45) is 3.57. The van der Waals surface area contributed by atoms with Crippen LogP contribution >= 0.6 is 23.1 Å². The van der Waals surface area contributed by atoms with Gasteiger partial charge in [0, 0.05) is 20.2 Å². The second kappa shape index (κ2) is 8.08. The van der Waals surface area contributed by atoms with Crippen molar-refractivity contribution < 1.29 is 9.53 Å². The summed E-state index contributed by atoms with van der Waals surface area (Å²) >= 11 is 2.88. The molecule has 1 amide bonds. The van der Waals surface area contributed by atoms with E-state index in [-0.39, 0.29) is 5.91 Å². The van der Waals surface area contributed by atoms with Crippen molar-refractivity contribution in [2.75, 3.05) is 44.1 Å². The van der Waals surface area contributed by atoms with Crippen LogP contribution in [-0.4, -0.2) is 39.0 Å². The van der Waals surface area contributed by atoms with Crippen molar-refractivity contribution >= 4 is 39.7 Å². The fourth-order valence-corrected chi connectivity index (χ4v) is 3.41. The minimum absolute atomic E-state index is 0.169. The summed E-state index contributed by atoms with van der Waals surface area (Å²) in [5, 5.41) is 6.87. The normalized spacial score (nSPS) is 10.2. The van der Waals surface area contributed by atoms with E-state index in [1.807, 2.05) is 6.26 Å². The number of anilines is 2. The maximum atomic E-state index is 11.9. The van der Waals surface area contributed by atoms with E-state index in [2.05, 4.69) is 17.2 Å². The number of carbonyl (C=O) groups excluding carboxylic acids is 1. The van der Waals surface area contributed by atoms with E-state index in [1.165, 1.54) is 23.1 Å². The summed E-state index contributed by atoms with van der Waals surface area (Å²) in [6.45, 7) is 5.27. The SMILES string of the molecule is C=CCNC(=O)c1sc(NCCOC)c(SC)c1N. The molecule has 4 N–H and O–H groups in total. The standard InChI is InChI=1S/C12H19N3O2S2/c1-4-5-14-11(16)9-8(13)10(18-3)12(19-9)15-6-7-17-2/h4,15H,1,5-7,13H2,2-3H3,(H,14,16). The van der Waals surface area contributed by atoms with Gasteiger partial charge < -0.3 is 21.1 Å². The molecule has 5 nitrogen and oxygen atoms in total.